The number of ether oxygens (including phenoxy) is 4. The van der Waals surface area contributed by atoms with Crippen molar-refractivity contribution in [1.82, 2.24) is 0 Å². The average molecular weight is 611 g/mol. The van der Waals surface area contributed by atoms with E-state index in [4.69, 9.17) is 23.4 Å². The van der Waals surface area contributed by atoms with E-state index in [1.54, 1.807) is 0 Å². The first-order chi connectivity index (χ1) is 20.4. The number of phenols is 2. The molecule has 5 rings (SSSR count). The van der Waals surface area contributed by atoms with Crippen molar-refractivity contribution in [2.75, 3.05) is 13.2 Å². The molecule has 3 aromatic rings. The number of phenolic OH excluding ortho intramolecular Hbond substituents is 2. The van der Waals surface area contributed by atoms with Gasteiger partial charge in [-0.3, -0.25) is 4.79 Å². The Kier molecular flexibility index (Phi) is 8.77. The van der Waals surface area contributed by atoms with Crippen LogP contribution < -0.4 is 14.9 Å². The molecule has 2 aliphatic rings. The average Bonchev–Trinajstić information content (AvgIpc) is 2.98. The molecule has 0 amide bonds. The molecule has 2 aromatic carbocycles. The molecule has 0 radical (unpaired) electrons. The van der Waals surface area contributed by atoms with Crippen molar-refractivity contribution in [2.24, 2.45) is 0 Å². The number of aliphatic hydroxyl groups excluding tert-OH is 8. The van der Waals surface area contributed by atoms with E-state index < -0.39 is 96.9 Å². The van der Waals surface area contributed by atoms with E-state index in [0.29, 0.717) is 0 Å². The minimum atomic E-state index is -1.89. The number of hydrogen-bond acceptors (Lipinski definition) is 16. The normalized spacial score (nSPS) is 32.9. The molecule has 3 heterocycles. The van der Waals surface area contributed by atoms with Crippen molar-refractivity contribution in [3.8, 4) is 34.3 Å². The Hall–Kier alpha value is -3.55. The highest BCUT2D eigenvalue weighted by atomic mass is 16.7. The van der Waals surface area contributed by atoms with Crippen molar-refractivity contribution >= 4 is 11.0 Å². The first-order valence-corrected chi connectivity index (χ1v) is 13.0. The molecule has 2 saturated heterocycles. The Morgan fingerprint density at radius 2 is 1.23 bits per heavy atom. The molecule has 0 unspecified atom stereocenters. The van der Waals surface area contributed by atoms with Gasteiger partial charge in [0.15, 0.2) is 5.76 Å². The minimum Gasteiger partial charge on any atom is -0.508 e. The molecule has 234 valence electrons. The maximum absolute atomic E-state index is 13.7. The molecular formula is C27H30O16. The highest BCUT2D eigenvalue weighted by molar-refractivity contribution is 5.88. The number of aliphatic hydroxyl groups is 8. The SMILES string of the molecule is O=c1c(O[C@@H]2O[C@H](CO)[C@@H](O)[C@H](O)[C@H]2O)c(-c2ccc(O)cc2)oc2cc(O[C@@H]3O[C@H](CO)[C@@H](O)[C@H](O)[C@H]3O)cc(O)c12. The van der Waals surface area contributed by atoms with Gasteiger partial charge in [0.1, 0.15) is 77.0 Å². The van der Waals surface area contributed by atoms with Crippen LogP contribution in [0.15, 0.2) is 45.6 Å². The van der Waals surface area contributed by atoms with Gasteiger partial charge in [-0.1, -0.05) is 0 Å². The van der Waals surface area contributed by atoms with Gasteiger partial charge in [-0.05, 0) is 24.3 Å². The van der Waals surface area contributed by atoms with Gasteiger partial charge < -0.3 is 74.4 Å². The zero-order valence-electron chi connectivity index (χ0n) is 22.1. The number of benzene rings is 2. The zero-order chi connectivity index (χ0) is 31.2. The summed E-state index contributed by atoms with van der Waals surface area (Å²) in [6, 6.07) is 7.35. The smallest absolute Gasteiger partial charge is 0.239 e. The fourth-order valence-corrected chi connectivity index (χ4v) is 4.82. The number of aromatic hydroxyl groups is 2. The fourth-order valence-electron chi connectivity index (χ4n) is 4.82. The van der Waals surface area contributed by atoms with Crippen LogP contribution in [-0.2, 0) is 9.47 Å². The van der Waals surface area contributed by atoms with Crippen LogP contribution in [-0.4, -0.2) is 126 Å². The van der Waals surface area contributed by atoms with Crippen molar-refractivity contribution < 1.29 is 74.4 Å². The summed E-state index contributed by atoms with van der Waals surface area (Å²) < 4.78 is 27.8. The molecule has 16 heteroatoms. The third-order valence-electron chi connectivity index (χ3n) is 7.22. The van der Waals surface area contributed by atoms with Gasteiger partial charge in [-0.15, -0.1) is 0 Å². The molecule has 0 bridgehead atoms. The van der Waals surface area contributed by atoms with E-state index in [9.17, 15) is 55.9 Å². The second-order valence-electron chi connectivity index (χ2n) is 10.1. The molecule has 10 N–H and O–H groups in total. The van der Waals surface area contributed by atoms with Crippen molar-refractivity contribution in [3.05, 3.63) is 46.6 Å². The van der Waals surface area contributed by atoms with Gasteiger partial charge in [0, 0.05) is 17.7 Å². The zero-order valence-corrected chi connectivity index (χ0v) is 22.1. The summed E-state index contributed by atoms with van der Waals surface area (Å²) in [5.74, 6) is -1.96. The number of hydrogen-bond donors (Lipinski definition) is 10. The summed E-state index contributed by atoms with van der Waals surface area (Å²) in [7, 11) is 0. The summed E-state index contributed by atoms with van der Waals surface area (Å²) in [6.07, 6.45) is -16.6. The standard InChI is InChI=1S/C27H30O16/c28-7-14-17(32)20(35)22(37)26(41-14)39-11-5-12(31)16-13(6-11)40-24(9-1-3-10(30)4-2-9)25(19(16)34)43-27-23(38)21(36)18(33)15(8-29)42-27/h1-6,14-15,17-18,20-23,26-33,35-38H,7-8H2/t14-,15-,17-,18-,20+,21+,22-,23-,26-,27+/m1/s1. The van der Waals surface area contributed by atoms with Crippen LogP contribution >= 0.6 is 0 Å². The second kappa shape index (κ2) is 12.2. The summed E-state index contributed by atoms with van der Waals surface area (Å²) >= 11 is 0. The third-order valence-corrected chi connectivity index (χ3v) is 7.22. The van der Waals surface area contributed by atoms with Crippen molar-refractivity contribution in [2.45, 2.75) is 61.4 Å². The molecule has 0 saturated carbocycles. The molecule has 0 spiro atoms. The summed E-state index contributed by atoms with van der Waals surface area (Å²) in [4.78, 5) is 13.7. The lowest BCUT2D eigenvalue weighted by Crippen LogP contribution is -2.60. The maximum Gasteiger partial charge on any atom is 0.239 e. The van der Waals surface area contributed by atoms with Crippen molar-refractivity contribution in [3.63, 3.8) is 0 Å². The molecule has 43 heavy (non-hydrogen) atoms. The number of fused-ring (bicyclic) bond motifs is 1. The quantitative estimate of drug-likeness (QED) is 0.130. The first-order valence-electron chi connectivity index (χ1n) is 13.0. The van der Waals surface area contributed by atoms with Gasteiger partial charge in [0.05, 0.1) is 13.2 Å². The highest BCUT2D eigenvalue weighted by Gasteiger charge is 2.46. The van der Waals surface area contributed by atoms with Crippen LogP contribution in [0.2, 0.25) is 0 Å². The molecule has 1 aromatic heterocycles. The largest absolute Gasteiger partial charge is 0.508 e. The van der Waals surface area contributed by atoms with Crippen LogP contribution in [0.4, 0.5) is 0 Å². The summed E-state index contributed by atoms with van der Waals surface area (Å²) in [5.41, 5.74) is -1.11. The first kappa shape index (κ1) is 30.9. The van der Waals surface area contributed by atoms with Crippen LogP contribution in [0.3, 0.4) is 0 Å². The molecule has 16 nitrogen and oxygen atoms in total. The molecule has 2 aliphatic heterocycles. The van der Waals surface area contributed by atoms with E-state index >= 15 is 0 Å². The van der Waals surface area contributed by atoms with E-state index in [-0.39, 0.29) is 28.4 Å². The van der Waals surface area contributed by atoms with Gasteiger partial charge in [-0.2, -0.15) is 0 Å². The lowest BCUT2D eigenvalue weighted by atomic mass is 9.99. The predicted octanol–water partition coefficient (Wildman–Crippen LogP) is -2.77. The molecular weight excluding hydrogens is 580 g/mol. The van der Waals surface area contributed by atoms with E-state index in [2.05, 4.69) is 0 Å². The lowest BCUT2D eigenvalue weighted by molar-refractivity contribution is -0.277. The fraction of sp³-hybridized carbons (Fsp3) is 0.444. The van der Waals surface area contributed by atoms with Crippen LogP contribution in [0.1, 0.15) is 0 Å². The van der Waals surface area contributed by atoms with Gasteiger partial charge in [0.25, 0.3) is 0 Å². The monoisotopic (exact) mass is 610 g/mol. The van der Waals surface area contributed by atoms with E-state index in [0.717, 1.165) is 12.1 Å². The second-order valence-corrected chi connectivity index (χ2v) is 10.1. The number of rotatable bonds is 7. The third kappa shape index (κ3) is 5.73. The van der Waals surface area contributed by atoms with Gasteiger partial charge >= 0.3 is 0 Å². The van der Waals surface area contributed by atoms with Gasteiger partial charge in [0.2, 0.25) is 23.8 Å². The van der Waals surface area contributed by atoms with Crippen LogP contribution in [0.5, 0.6) is 23.0 Å². The predicted molar refractivity (Wildman–Crippen MR) is 140 cm³/mol. The minimum absolute atomic E-state index is 0.129. The Balaban J connectivity index is 1.58. The summed E-state index contributed by atoms with van der Waals surface area (Å²) in [6.45, 7) is -1.48. The molecule has 2 fully saturated rings. The summed E-state index contributed by atoms with van der Waals surface area (Å²) in [5, 5.41) is 100. The Labute approximate surface area is 241 Å². The van der Waals surface area contributed by atoms with E-state index in [1.807, 2.05) is 0 Å². The maximum atomic E-state index is 13.7. The van der Waals surface area contributed by atoms with Gasteiger partial charge in [-0.25, -0.2) is 0 Å². The Bertz CT molecular complexity index is 1490. The van der Waals surface area contributed by atoms with Crippen LogP contribution in [0.25, 0.3) is 22.3 Å². The lowest BCUT2D eigenvalue weighted by Gasteiger charge is -2.39. The van der Waals surface area contributed by atoms with E-state index in [1.165, 1.54) is 24.3 Å². The Morgan fingerprint density at radius 1 is 0.698 bits per heavy atom. The topological polar surface area (TPSA) is 269 Å². The highest BCUT2D eigenvalue weighted by Crippen LogP contribution is 2.38. The van der Waals surface area contributed by atoms with Crippen LogP contribution in [0, 0.1) is 0 Å². The molecule has 0 aliphatic carbocycles. The molecule has 10 atom stereocenters. The van der Waals surface area contributed by atoms with Crippen molar-refractivity contribution in [1.29, 1.82) is 0 Å². The Morgan fingerprint density at radius 3 is 1.77 bits per heavy atom.